The van der Waals surface area contributed by atoms with Crippen molar-refractivity contribution < 1.29 is 9.90 Å². The molecule has 0 fully saturated rings. The van der Waals surface area contributed by atoms with Crippen LogP contribution >= 0.6 is 11.3 Å². The summed E-state index contributed by atoms with van der Waals surface area (Å²) in [6.45, 7) is 2.47. The van der Waals surface area contributed by atoms with Gasteiger partial charge in [0.2, 0.25) is 0 Å². The molecule has 1 amide bonds. The largest absolute Gasteiger partial charge is 0.378 e. The number of aliphatic hydroxyl groups excluding tert-OH is 1. The molecule has 2 atom stereocenters. The number of benzene rings is 2. The van der Waals surface area contributed by atoms with Crippen molar-refractivity contribution in [2.45, 2.75) is 18.9 Å². The molecule has 23 heavy (non-hydrogen) atoms. The SMILES string of the molecule is CC(CNC(=O)[C@H](O)c1ccccc1)c1nc2ccccc2s1. The molecule has 1 heterocycles. The van der Waals surface area contributed by atoms with E-state index in [0.29, 0.717) is 12.1 Å². The minimum absolute atomic E-state index is 0.0966. The number of nitrogens with one attached hydrogen (secondary N) is 1. The van der Waals surface area contributed by atoms with Gasteiger partial charge < -0.3 is 10.4 Å². The molecule has 1 aromatic heterocycles. The second-order valence-electron chi connectivity index (χ2n) is 5.48. The Morgan fingerprint density at radius 3 is 2.61 bits per heavy atom. The Kier molecular flexibility index (Phi) is 4.69. The number of hydrogen-bond donors (Lipinski definition) is 2. The Hall–Kier alpha value is -2.24. The average Bonchev–Trinajstić information content (AvgIpc) is 3.03. The van der Waals surface area contributed by atoms with E-state index in [4.69, 9.17) is 0 Å². The lowest BCUT2D eigenvalue weighted by molar-refractivity contribution is -0.129. The molecule has 0 bridgehead atoms. The topological polar surface area (TPSA) is 62.2 Å². The molecule has 0 aliphatic heterocycles. The predicted octanol–water partition coefficient (Wildman–Crippen LogP) is 3.25. The van der Waals surface area contributed by atoms with Crippen molar-refractivity contribution in [3.8, 4) is 0 Å². The summed E-state index contributed by atoms with van der Waals surface area (Å²) in [5, 5.41) is 13.8. The number of para-hydroxylation sites is 1. The highest BCUT2D eigenvalue weighted by molar-refractivity contribution is 7.18. The molecule has 0 saturated carbocycles. The van der Waals surface area contributed by atoms with Gasteiger partial charge in [-0.2, -0.15) is 0 Å². The van der Waals surface area contributed by atoms with E-state index in [9.17, 15) is 9.90 Å². The molecular formula is C18H18N2O2S. The molecule has 0 radical (unpaired) electrons. The molecule has 1 unspecified atom stereocenters. The summed E-state index contributed by atoms with van der Waals surface area (Å²) in [7, 11) is 0. The van der Waals surface area contributed by atoms with Gasteiger partial charge in [-0.25, -0.2) is 4.98 Å². The van der Waals surface area contributed by atoms with Crippen molar-refractivity contribution in [2.24, 2.45) is 0 Å². The van der Waals surface area contributed by atoms with E-state index in [0.717, 1.165) is 15.2 Å². The third-order valence-corrected chi connectivity index (χ3v) is 4.95. The lowest BCUT2D eigenvalue weighted by Gasteiger charge is -2.14. The van der Waals surface area contributed by atoms with Crippen molar-refractivity contribution in [2.75, 3.05) is 6.54 Å². The van der Waals surface area contributed by atoms with E-state index in [1.807, 2.05) is 37.3 Å². The van der Waals surface area contributed by atoms with E-state index >= 15 is 0 Å². The first kappa shape index (κ1) is 15.6. The Bertz CT molecular complexity index is 768. The molecule has 0 saturated heterocycles. The van der Waals surface area contributed by atoms with Crippen LogP contribution in [0.2, 0.25) is 0 Å². The molecule has 2 N–H and O–H groups in total. The summed E-state index contributed by atoms with van der Waals surface area (Å²) >= 11 is 1.64. The zero-order valence-electron chi connectivity index (χ0n) is 12.8. The maximum Gasteiger partial charge on any atom is 0.253 e. The molecule has 3 rings (SSSR count). The second-order valence-corrected chi connectivity index (χ2v) is 6.54. The fourth-order valence-corrected chi connectivity index (χ4v) is 3.34. The van der Waals surface area contributed by atoms with Crippen LogP contribution in [0.3, 0.4) is 0 Å². The Morgan fingerprint density at radius 2 is 1.87 bits per heavy atom. The van der Waals surface area contributed by atoms with E-state index < -0.39 is 6.10 Å². The first-order valence-corrected chi connectivity index (χ1v) is 8.33. The zero-order valence-corrected chi connectivity index (χ0v) is 13.6. The molecular weight excluding hydrogens is 308 g/mol. The van der Waals surface area contributed by atoms with Gasteiger partial charge in [-0.1, -0.05) is 49.4 Å². The number of hydrogen-bond acceptors (Lipinski definition) is 4. The summed E-state index contributed by atoms with van der Waals surface area (Å²) in [6.07, 6.45) is -1.14. The fourth-order valence-electron chi connectivity index (χ4n) is 2.33. The average molecular weight is 326 g/mol. The Morgan fingerprint density at radius 1 is 1.17 bits per heavy atom. The van der Waals surface area contributed by atoms with Gasteiger partial charge in [0.15, 0.2) is 6.10 Å². The molecule has 4 nitrogen and oxygen atoms in total. The lowest BCUT2D eigenvalue weighted by Crippen LogP contribution is -2.32. The summed E-state index contributed by atoms with van der Waals surface area (Å²) < 4.78 is 1.14. The van der Waals surface area contributed by atoms with Gasteiger partial charge in [0, 0.05) is 12.5 Å². The van der Waals surface area contributed by atoms with Crippen LogP contribution < -0.4 is 5.32 Å². The summed E-state index contributed by atoms with van der Waals surface area (Å²) in [4.78, 5) is 16.7. The van der Waals surface area contributed by atoms with Crippen LogP contribution in [0.5, 0.6) is 0 Å². The van der Waals surface area contributed by atoms with Crippen LogP contribution in [0.15, 0.2) is 54.6 Å². The standard InChI is InChI=1S/C18H18N2O2S/c1-12(18-20-14-9-5-6-10-15(14)23-18)11-19-17(22)16(21)13-7-3-2-4-8-13/h2-10,12,16,21H,11H2,1H3,(H,19,22)/t12?,16-/m1/s1. The summed E-state index contributed by atoms with van der Waals surface area (Å²) in [6, 6.07) is 16.9. The van der Waals surface area contributed by atoms with Gasteiger partial charge in [0.25, 0.3) is 5.91 Å². The monoisotopic (exact) mass is 326 g/mol. The van der Waals surface area contributed by atoms with Gasteiger partial charge in [0.1, 0.15) is 0 Å². The van der Waals surface area contributed by atoms with Gasteiger partial charge in [-0.15, -0.1) is 11.3 Å². The molecule has 2 aromatic carbocycles. The molecule has 0 spiro atoms. The number of thiazole rings is 1. The molecule has 0 aliphatic carbocycles. The van der Waals surface area contributed by atoms with Crippen molar-refractivity contribution in [1.29, 1.82) is 0 Å². The van der Waals surface area contributed by atoms with Crippen molar-refractivity contribution in [3.63, 3.8) is 0 Å². The number of rotatable bonds is 5. The molecule has 118 valence electrons. The highest BCUT2D eigenvalue weighted by atomic mass is 32.1. The number of fused-ring (bicyclic) bond motifs is 1. The molecule has 3 aromatic rings. The number of carbonyl (C=O) groups is 1. The zero-order chi connectivity index (χ0) is 16.2. The minimum Gasteiger partial charge on any atom is -0.378 e. The van der Waals surface area contributed by atoms with E-state index in [1.165, 1.54) is 0 Å². The number of carbonyl (C=O) groups excluding carboxylic acids is 1. The fraction of sp³-hybridized carbons (Fsp3) is 0.222. The van der Waals surface area contributed by atoms with Crippen LogP contribution in [-0.2, 0) is 4.79 Å². The van der Waals surface area contributed by atoms with Crippen molar-refractivity contribution in [1.82, 2.24) is 10.3 Å². The summed E-state index contributed by atoms with van der Waals surface area (Å²) in [5.41, 5.74) is 1.58. The van der Waals surface area contributed by atoms with Gasteiger partial charge in [-0.3, -0.25) is 4.79 Å². The van der Waals surface area contributed by atoms with Crippen LogP contribution in [0.25, 0.3) is 10.2 Å². The predicted molar refractivity (Wildman–Crippen MR) is 92.4 cm³/mol. The Labute approximate surface area is 138 Å². The first-order chi connectivity index (χ1) is 11.1. The van der Waals surface area contributed by atoms with Gasteiger partial charge in [-0.05, 0) is 17.7 Å². The molecule has 5 heteroatoms. The van der Waals surface area contributed by atoms with E-state index in [-0.39, 0.29) is 11.8 Å². The minimum atomic E-state index is -1.14. The highest BCUT2D eigenvalue weighted by Crippen LogP contribution is 2.27. The number of amides is 1. The maximum absolute atomic E-state index is 12.1. The van der Waals surface area contributed by atoms with Crippen LogP contribution in [0.4, 0.5) is 0 Å². The Balaban J connectivity index is 1.62. The van der Waals surface area contributed by atoms with Crippen molar-refractivity contribution in [3.05, 3.63) is 65.2 Å². The number of aromatic nitrogens is 1. The van der Waals surface area contributed by atoms with Crippen LogP contribution in [0.1, 0.15) is 29.5 Å². The van der Waals surface area contributed by atoms with Gasteiger partial charge >= 0.3 is 0 Å². The maximum atomic E-state index is 12.1. The third kappa shape index (κ3) is 3.57. The van der Waals surface area contributed by atoms with E-state index in [2.05, 4.69) is 10.3 Å². The normalized spacial score (nSPS) is 13.7. The van der Waals surface area contributed by atoms with Gasteiger partial charge in [0.05, 0.1) is 15.2 Å². The van der Waals surface area contributed by atoms with Crippen molar-refractivity contribution >= 4 is 27.5 Å². The van der Waals surface area contributed by atoms with Crippen LogP contribution in [0, 0.1) is 0 Å². The smallest absolute Gasteiger partial charge is 0.253 e. The third-order valence-electron chi connectivity index (χ3n) is 3.68. The van der Waals surface area contributed by atoms with Crippen LogP contribution in [-0.4, -0.2) is 22.5 Å². The highest BCUT2D eigenvalue weighted by Gasteiger charge is 2.18. The first-order valence-electron chi connectivity index (χ1n) is 7.51. The quantitative estimate of drug-likeness (QED) is 0.756. The molecule has 0 aliphatic rings. The number of nitrogens with zero attached hydrogens (tertiary/aromatic N) is 1. The second kappa shape index (κ2) is 6.89. The summed E-state index contributed by atoms with van der Waals surface area (Å²) in [5.74, 6) is -0.288. The number of aliphatic hydroxyl groups is 1. The lowest BCUT2D eigenvalue weighted by atomic mass is 10.1. The van der Waals surface area contributed by atoms with E-state index in [1.54, 1.807) is 35.6 Å².